The van der Waals surface area contributed by atoms with Gasteiger partial charge in [0.25, 0.3) is 5.91 Å². The second-order valence-corrected chi connectivity index (χ2v) is 4.90. The molecule has 0 spiro atoms. The van der Waals surface area contributed by atoms with Crippen molar-refractivity contribution in [3.05, 3.63) is 45.4 Å². The van der Waals surface area contributed by atoms with Crippen molar-refractivity contribution >= 4 is 28.9 Å². The van der Waals surface area contributed by atoms with Gasteiger partial charge in [-0.1, -0.05) is 6.07 Å². The van der Waals surface area contributed by atoms with Crippen molar-refractivity contribution in [2.45, 2.75) is 6.92 Å². The topological polar surface area (TPSA) is 86.6 Å². The number of carbonyl (C=O) groups is 2. The highest BCUT2D eigenvalue weighted by molar-refractivity contribution is 7.12. The molecule has 0 aliphatic heterocycles. The third-order valence-electron chi connectivity index (χ3n) is 2.63. The second-order valence-electron chi connectivity index (χ2n) is 4.02. The molecule has 0 aliphatic carbocycles. The number of amides is 1. The number of hydrogen-bond donors (Lipinski definition) is 3. The number of anilines is 1. The van der Waals surface area contributed by atoms with Crippen LogP contribution in [0.1, 0.15) is 25.6 Å². The Morgan fingerprint density at radius 3 is 2.65 bits per heavy atom. The van der Waals surface area contributed by atoms with Crippen LogP contribution in [0.3, 0.4) is 0 Å². The predicted molar refractivity (Wildman–Crippen MR) is 72.0 cm³/mol. The molecule has 0 saturated heterocycles. The number of halogens is 1. The molecule has 1 aromatic carbocycles. The number of rotatable bonds is 3. The Labute approximate surface area is 117 Å². The molecule has 0 radical (unpaired) electrons. The first-order valence-electron chi connectivity index (χ1n) is 5.52. The summed E-state index contributed by atoms with van der Waals surface area (Å²) in [5, 5.41) is 22.4. The minimum Gasteiger partial charge on any atom is -0.507 e. The maximum atomic E-state index is 13.6. The third-order valence-corrected chi connectivity index (χ3v) is 3.71. The lowest BCUT2D eigenvalue weighted by Crippen LogP contribution is -2.16. The zero-order valence-corrected chi connectivity index (χ0v) is 11.1. The summed E-state index contributed by atoms with van der Waals surface area (Å²) in [6.07, 6.45) is 0. The molecule has 5 nitrogen and oxygen atoms in total. The van der Waals surface area contributed by atoms with Crippen LogP contribution in [-0.4, -0.2) is 22.1 Å². The summed E-state index contributed by atoms with van der Waals surface area (Å²) < 4.78 is 13.6. The lowest BCUT2D eigenvalue weighted by molar-refractivity contribution is 0.0703. The molecule has 2 aromatic rings. The van der Waals surface area contributed by atoms with Gasteiger partial charge in [-0.15, -0.1) is 11.3 Å². The van der Waals surface area contributed by atoms with E-state index in [1.165, 1.54) is 12.1 Å². The molecular weight excluding hydrogens is 285 g/mol. The number of carboxylic acid groups (broad SMARTS) is 1. The molecule has 1 aromatic heterocycles. The predicted octanol–water partition coefficient (Wildman–Crippen LogP) is 2.85. The first kappa shape index (κ1) is 14.0. The number of carbonyl (C=O) groups excluding carboxylic acids is 1. The van der Waals surface area contributed by atoms with Gasteiger partial charge in [0.1, 0.15) is 22.0 Å². The van der Waals surface area contributed by atoms with Crippen LogP contribution in [0.4, 0.5) is 10.1 Å². The van der Waals surface area contributed by atoms with Crippen molar-refractivity contribution in [1.82, 2.24) is 0 Å². The first-order valence-corrected chi connectivity index (χ1v) is 6.40. The van der Waals surface area contributed by atoms with E-state index >= 15 is 0 Å². The average molecular weight is 295 g/mol. The molecule has 0 aliphatic rings. The number of aromatic carboxylic acids is 1. The number of hydrogen-bond acceptors (Lipinski definition) is 4. The summed E-state index contributed by atoms with van der Waals surface area (Å²) >= 11 is 0.959. The van der Waals surface area contributed by atoms with E-state index in [2.05, 4.69) is 5.32 Å². The molecular formula is C13H10FNO4S. The Morgan fingerprint density at radius 2 is 2.05 bits per heavy atom. The molecule has 1 amide bonds. The largest absolute Gasteiger partial charge is 0.507 e. The quantitative estimate of drug-likeness (QED) is 0.812. The summed E-state index contributed by atoms with van der Waals surface area (Å²) in [6, 6.07) is 3.48. The van der Waals surface area contributed by atoms with Gasteiger partial charge in [-0.25, -0.2) is 9.18 Å². The standard InChI is InChI=1S/C13H10FNO4S/c1-6-5-20-11(13(18)19)10(6)15-12(17)9-7(14)3-2-4-8(9)16/h2-5,16H,1H3,(H,15,17)(H,18,19). The minimum atomic E-state index is -1.18. The van der Waals surface area contributed by atoms with Gasteiger partial charge in [-0.05, 0) is 30.0 Å². The summed E-state index contributed by atoms with van der Waals surface area (Å²) in [5.41, 5.74) is 0.140. The van der Waals surface area contributed by atoms with E-state index in [0.29, 0.717) is 5.56 Å². The second kappa shape index (κ2) is 5.30. The van der Waals surface area contributed by atoms with Crippen molar-refractivity contribution in [3.8, 4) is 5.75 Å². The highest BCUT2D eigenvalue weighted by atomic mass is 32.1. The molecule has 2 rings (SSSR count). The molecule has 0 unspecified atom stereocenters. The zero-order chi connectivity index (χ0) is 14.9. The lowest BCUT2D eigenvalue weighted by atomic mass is 10.1. The molecule has 0 saturated carbocycles. The number of phenolic OH excluding ortho intramolecular Hbond substituents is 1. The normalized spacial score (nSPS) is 10.3. The molecule has 7 heteroatoms. The number of benzene rings is 1. The van der Waals surface area contributed by atoms with Crippen LogP contribution in [0.25, 0.3) is 0 Å². The van der Waals surface area contributed by atoms with E-state index in [9.17, 15) is 19.1 Å². The fraction of sp³-hybridized carbons (Fsp3) is 0.0769. The summed E-state index contributed by atoms with van der Waals surface area (Å²) in [4.78, 5) is 23.0. The maximum absolute atomic E-state index is 13.6. The monoisotopic (exact) mass is 295 g/mol. The van der Waals surface area contributed by atoms with Crippen molar-refractivity contribution < 1.29 is 24.2 Å². The number of carboxylic acids is 1. The Morgan fingerprint density at radius 1 is 1.35 bits per heavy atom. The average Bonchev–Trinajstić information content (AvgIpc) is 2.71. The molecule has 20 heavy (non-hydrogen) atoms. The zero-order valence-electron chi connectivity index (χ0n) is 10.3. The number of aromatic hydroxyl groups is 1. The van der Waals surface area contributed by atoms with Crippen molar-refractivity contribution in [2.75, 3.05) is 5.32 Å². The smallest absolute Gasteiger partial charge is 0.348 e. The SMILES string of the molecule is Cc1csc(C(=O)O)c1NC(=O)c1c(O)cccc1F. The van der Waals surface area contributed by atoms with Crippen LogP contribution in [0.5, 0.6) is 5.75 Å². The molecule has 0 atom stereocenters. The Bertz CT molecular complexity index is 675. The van der Waals surface area contributed by atoms with Gasteiger partial charge in [0.15, 0.2) is 0 Å². The van der Waals surface area contributed by atoms with Gasteiger partial charge < -0.3 is 15.5 Å². The minimum absolute atomic E-state index is 0.0494. The number of phenols is 1. The molecule has 0 fully saturated rings. The van der Waals surface area contributed by atoms with Gasteiger partial charge in [0.2, 0.25) is 0 Å². The summed E-state index contributed by atoms with van der Waals surface area (Å²) in [6.45, 7) is 1.62. The maximum Gasteiger partial charge on any atom is 0.348 e. The highest BCUT2D eigenvalue weighted by Gasteiger charge is 2.21. The highest BCUT2D eigenvalue weighted by Crippen LogP contribution is 2.29. The van der Waals surface area contributed by atoms with Crippen LogP contribution < -0.4 is 5.32 Å². The Hall–Kier alpha value is -2.41. The molecule has 104 valence electrons. The van der Waals surface area contributed by atoms with Crippen molar-refractivity contribution in [3.63, 3.8) is 0 Å². The van der Waals surface area contributed by atoms with E-state index in [-0.39, 0.29) is 10.6 Å². The Balaban J connectivity index is 2.38. The number of thiophene rings is 1. The van der Waals surface area contributed by atoms with E-state index in [0.717, 1.165) is 17.4 Å². The fourth-order valence-electron chi connectivity index (χ4n) is 1.67. The van der Waals surface area contributed by atoms with Crippen LogP contribution in [-0.2, 0) is 0 Å². The fourth-order valence-corrected chi connectivity index (χ4v) is 2.51. The van der Waals surface area contributed by atoms with Crippen molar-refractivity contribution in [1.29, 1.82) is 0 Å². The number of aryl methyl sites for hydroxylation is 1. The van der Waals surface area contributed by atoms with Crippen LogP contribution >= 0.6 is 11.3 Å². The molecule has 1 heterocycles. The van der Waals surface area contributed by atoms with Crippen LogP contribution in [0.15, 0.2) is 23.6 Å². The van der Waals surface area contributed by atoms with E-state index < -0.39 is 29.0 Å². The van der Waals surface area contributed by atoms with Gasteiger partial charge in [0, 0.05) is 0 Å². The lowest BCUT2D eigenvalue weighted by Gasteiger charge is -2.08. The first-order chi connectivity index (χ1) is 9.41. The molecule has 0 bridgehead atoms. The van der Waals surface area contributed by atoms with Crippen LogP contribution in [0, 0.1) is 12.7 Å². The van der Waals surface area contributed by atoms with Gasteiger partial charge in [0.05, 0.1) is 5.69 Å². The van der Waals surface area contributed by atoms with Crippen LogP contribution in [0.2, 0.25) is 0 Å². The number of nitrogens with one attached hydrogen (secondary N) is 1. The summed E-state index contributed by atoms with van der Waals surface area (Å²) in [7, 11) is 0. The van der Waals surface area contributed by atoms with Crippen molar-refractivity contribution in [2.24, 2.45) is 0 Å². The third kappa shape index (κ3) is 2.48. The van der Waals surface area contributed by atoms with E-state index in [4.69, 9.17) is 5.11 Å². The van der Waals surface area contributed by atoms with Gasteiger partial charge in [-0.2, -0.15) is 0 Å². The van der Waals surface area contributed by atoms with Gasteiger partial charge in [-0.3, -0.25) is 4.79 Å². The summed E-state index contributed by atoms with van der Waals surface area (Å²) in [5.74, 6) is -3.47. The Kier molecular flexibility index (Phi) is 3.71. The van der Waals surface area contributed by atoms with E-state index in [1.807, 2.05) is 0 Å². The van der Waals surface area contributed by atoms with Gasteiger partial charge >= 0.3 is 5.97 Å². The van der Waals surface area contributed by atoms with E-state index in [1.54, 1.807) is 12.3 Å². The molecule has 3 N–H and O–H groups in total.